The van der Waals surface area contributed by atoms with Crippen molar-refractivity contribution >= 4 is 25.3 Å². The first-order valence-corrected chi connectivity index (χ1v) is 8.73. The molecule has 2 aliphatic heterocycles. The monoisotopic (exact) mass is 388 g/mol. The van der Waals surface area contributed by atoms with Crippen LogP contribution in [-0.2, 0) is 18.9 Å². The summed E-state index contributed by atoms with van der Waals surface area (Å²) in [7, 11) is 1.32. The second-order valence-corrected chi connectivity index (χ2v) is 6.47. The lowest BCUT2D eigenvalue weighted by Crippen LogP contribution is -2.64. The van der Waals surface area contributed by atoms with E-state index in [4.69, 9.17) is 18.9 Å². The Kier molecular flexibility index (Phi) is 7.59. The van der Waals surface area contributed by atoms with E-state index in [1.807, 2.05) is 0 Å². The van der Waals surface area contributed by atoms with Crippen molar-refractivity contribution in [2.24, 2.45) is 0 Å². The molecule has 24 heavy (non-hydrogen) atoms. The van der Waals surface area contributed by atoms with Gasteiger partial charge in [0.15, 0.2) is 12.6 Å². The first-order chi connectivity index (χ1) is 11.3. The third-order valence-corrected chi connectivity index (χ3v) is 4.91. The predicted octanol–water partition coefficient (Wildman–Crippen LogP) is -2.87. The van der Waals surface area contributed by atoms with Crippen molar-refractivity contribution in [3.05, 3.63) is 0 Å². The number of ether oxygens (including phenoxy) is 4. The van der Waals surface area contributed by atoms with Gasteiger partial charge in [-0.15, -0.1) is 0 Å². The van der Waals surface area contributed by atoms with Crippen LogP contribution >= 0.6 is 25.3 Å². The molecule has 2 saturated heterocycles. The molecule has 2 heterocycles. The Morgan fingerprint density at radius 2 is 1.29 bits per heavy atom. The van der Waals surface area contributed by atoms with Crippen molar-refractivity contribution in [2.45, 2.75) is 61.4 Å². The van der Waals surface area contributed by atoms with Crippen molar-refractivity contribution < 1.29 is 44.5 Å². The molecule has 0 aliphatic carbocycles. The minimum Gasteiger partial charge on any atom is -0.388 e. The smallest absolute Gasteiger partial charge is 0.187 e. The number of aliphatic hydroxyl groups is 5. The molecule has 0 aromatic heterocycles. The quantitative estimate of drug-likeness (QED) is 0.248. The predicted molar refractivity (Wildman–Crippen MR) is 86.9 cm³/mol. The van der Waals surface area contributed by atoms with Crippen LogP contribution in [0.25, 0.3) is 0 Å². The molecule has 11 heteroatoms. The average Bonchev–Trinajstić information content (AvgIpc) is 2.59. The Hall–Kier alpha value is 0.340. The maximum atomic E-state index is 10.3. The van der Waals surface area contributed by atoms with E-state index in [0.717, 1.165) is 0 Å². The van der Waals surface area contributed by atoms with Crippen LogP contribution in [-0.4, -0.2) is 106 Å². The van der Waals surface area contributed by atoms with Gasteiger partial charge in [0.05, 0.1) is 12.2 Å². The fourth-order valence-electron chi connectivity index (χ4n) is 2.75. The molecule has 5 N–H and O–H groups in total. The van der Waals surface area contributed by atoms with Crippen molar-refractivity contribution in [3.63, 3.8) is 0 Å². The molecule has 0 bridgehead atoms. The normalized spacial score (nSPS) is 50.0. The van der Waals surface area contributed by atoms with Gasteiger partial charge in [0.2, 0.25) is 0 Å². The zero-order valence-electron chi connectivity index (χ0n) is 13.0. The van der Waals surface area contributed by atoms with Crippen molar-refractivity contribution in [3.8, 4) is 0 Å². The largest absolute Gasteiger partial charge is 0.388 e. The van der Waals surface area contributed by atoms with E-state index >= 15 is 0 Å². The fourth-order valence-corrected chi connectivity index (χ4v) is 3.35. The van der Waals surface area contributed by atoms with Gasteiger partial charge in [0.1, 0.15) is 36.6 Å². The Morgan fingerprint density at radius 1 is 0.750 bits per heavy atom. The molecular weight excluding hydrogens is 364 g/mol. The summed E-state index contributed by atoms with van der Waals surface area (Å²) in [6.45, 7) is 0. The molecule has 2 rings (SSSR count). The van der Waals surface area contributed by atoms with Crippen LogP contribution in [0.3, 0.4) is 0 Å². The lowest BCUT2D eigenvalue weighted by Gasteiger charge is -2.46. The van der Waals surface area contributed by atoms with Crippen LogP contribution in [0.4, 0.5) is 0 Å². The number of thiol groups is 2. The Morgan fingerprint density at radius 3 is 1.83 bits per heavy atom. The SMILES string of the molecule is CO[C@@H]1OC(CS)[C@@H](O[C@@H]2OC(CS)[C@H](O)C(O)C2O)C(O)C1O. The highest BCUT2D eigenvalue weighted by Gasteiger charge is 2.50. The first kappa shape index (κ1) is 20.6. The zero-order chi connectivity index (χ0) is 18.0. The van der Waals surface area contributed by atoms with E-state index in [9.17, 15) is 25.5 Å². The molecule has 10 atom stereocenters. The molecule has 2 aliphatic rings. The molecule has 0 aromatic carbocycles. The maximum Gasteiger partial charge on any atom is 0.187 e. The first-order valence-electron chi connectivity index (χ1n) is 7.46. The van der Waals surface area contributed by atoms with E-state index < -0.39 is 61.4 Å². The van der Waals surface area contributed by atoms with Crippen LogP contribution in [0, 0.1) is 0 Å². The van der Waals surface area contributed by atoms with Gasteiger partial charge in [0.25, 0.3) is 0 Å². The highest BCUT2D eigenvalue weighted by atomic mass is 32.1. The number of hydrogen-bond donors (Lipinski definition) is 7. The number of aliphatic hydroxyl groups excluding tert-OH is 5. The maximum absolute atomic E-state index is 10.3. The highest BCUT2D eigenvalue weighted by Crippen LogP contribution is 2.29. The third kappa shape index (κ3) is 4.01. The van der Waals surface area contributed by atoms with E-state index in [-0.39, 0.29) is 11.5 Å². The minimum absolute atomic E-state index is 0.0822. The molecule has 142 valence electrons. The number of hydrogen-bond acceptors (Lipinski definition) is 11. The lowest BCUT2D eigenvalue weighted by molar-refractivity contribution is -0.349. The minimum atomic E-state index is -1.55. The summed E-state index contributed by atoms with van der Waals surface area (Å²) in [5.74, 6) is 0.219. The zero-order valence-corrected chi connectivity index (χ0v) is 14.7. The van der Waals surface area contributed by atoms with Gasteiger partial charge in [-0.1, -0.05) is 0 Å². The van der Waals surface area contributed by atoms with Crippen LogP contribution in [0.5, 0.6) is 0 Å². The highest BCUT2D eigenvalue weighted by molar-refractivity contribution is 7.80. The number of methoxy groups -OCH3 is 1. The summed E-state index contributed by atoms with van der Waals surface area (Å²) in [5.41, 5.74) is 0. The molecule has 9 nitrogen and oxygen atoms in total. The summed E-state index contributed by atoms with van der Waals surface area (Å²) < 4.78 is 21.4. The van der Waals surface area contributed by atoms with Crippen LogP contribution in [0.1, 0.15) is 0 Å². The van der Waals surface area contributed by atoms with Crippen molar-refractivity contribution in [1.82, 2.24) is 0 Å². The standard InChI is InChI=1S/C13H24O9S2/c1-19-12-10(18)8(16)11(5(3-24)21-12)22-13-9(17)7(15)6(14)4(2-23)20-13/h4-18,23-24H,2-3H2,1H3/t4?,5?,6-,7?,8?,9?,10?,11+,12+,13-/m0/s1. The van der Waals surface area contributed by atoms with Crippen LogP contribution in [0.15, 0.2) is 0 Å². The van der Waals surface area contributed by atoms with E-state index in [1.54, 1.807) is 0 Å². The summed E-state index contributed by atoms with van der Waals surface area (Å²) in [5, 5.41) is 50.0. The average molecular weight is 388 g/mol. The molecule has 6 unspecified atom stereocenters. The van der Waals surface area contributed by atoms with Gasteiger partial charge in [0, 0.05) is 18.6 Å². The second kappa shape index (κ2) is 8.82. The van der Waals surface area contributed by atoms with Gasteiger partial charge in [-0.25, -0.2) is 0 Å². The van der Waals surface area contributed by atoms with Crippen molar-refractivity contribution in [1.29, 1.82) is 0 Å². The van der Waals surface area contributed by atoms with Gasteiger partial charge >= 0.3 is 0 Å². The van der Waals surface area contributed by atoms with Crippen LogP contribution in [0.2, 0.25) is 0 Å². The van der Waals surface area contributed by atoms with Crippen molar-refractivity contribution in [2.75, 3.05) is 18.6 Å². The molecule has 0 radical (unpaired) electrons. The van der Waals surface area contributed by atoms with E-state index in [1.165, 1.54) is 7.11 Å². The van der Waals surface area contributed by atoms with Crippen LogP contribution < -0.4 is 0 Å². The molecule has 0 aromatic rings. The topological polar surface area (TPSA) is 138 Å². The van der Waals surface area contributed by atoms with E-state index in [0.29, 0.717) is 0 Å². The van der Waals surface area contributed by atoms with Gasteiger partial charge < -0.3 is 44.5 Å². The Bertz CT molecular complexity index is 400. The summed E-state index contributed by atoms with van der Waals surface area (Å²) in [4.78, 5) is 0. The summed E-state index contributed by atoms with van der Waals surface area (Å²) in [6, 6.07) is 0. The summed E-state index contributed by atoms with van der Waals surface area (Å²) >= 11 is 8.14. The Balaban J connectivity index is 2.12. The second-order valence-electron chi connectivity index (χ2n) is 5.74. The Labute approximate surface area is 150 Å². The van der Waals surface area contributed by atoms with E-state index in [2.05, 4.69) is 25.3 Å². The molecule has 0 spiro atoms. The molecule has 0 saturated carbocycles. The number of rotatable bonds is 5. The lowest BCUT2D eigenvalue weighted by atomic mass is 9.97. The molecule has 0 amide bonds. The summed E-state index contributed by atoms with van der Waals surface area (Å²) in [6.07, 6.45) is -12.3. The van der Waals surface area contributed by atoms with Gasteiger partial charge in [-0.05, 0) is 0 Å². The third-order valence-electron chi connectivity index (χ3n) is 4.19. The molecular formula is C13H24O9S2. The van der Waals surface area contributed by atoms with Gasteiger partial charge in [-0.3, -0.25) is 0 Å². The fraction of sp³-hybridized carbons (Fsp3) is 1.00. The van der Waals surface area contributed by atoms with Gasteiger partial charge in [-0.2, -0.15) is 25.3 Å². The molecule has 2 fully saturated rings.